The van der Waals surface area contributed by atoms with Crippen molar-refractivity contribution in [2.24, 2.45) is 5.92 Å². The summed E-state index contributed by atoms with van der Waals surface area (Å²) in [6, 6.07) is 16.3. The fourth-order valence-corrected chi connectivity index (χ4v) is 4.41. The summed E-state index contributed by atoms with van der Waals surface area (Å²) in [6.45, 7) is 8.78. The van der Waals surface area contributed by atoms with Gasteiger partial charge in [0.15, 0.2) is 0 Å². The van der Waals surface area contributed by atoms with E-state index >= 15 is 0 Å². The Morgan fingerprint density at radius 2 is 1.57 bits per heavy atom. The van der Waals surface area contributed by atoms with Crippen molar-refractivity contribution in [1.82, 2.24) is 10.2 Å². The number of hydrogen-bond donors (Lipinski definition) is 1. The lowest BCUT2D eigenvalue weighted by molar-refractivity contribution is -0.146. The van der Waals surface area contributed by atoms with Gasteiger partial charge in [0.25, 0.3) is 5.91 Å². The summed E-state index contributed by atoms with van der Waals surface area (Å²) >= 11 is 0. The van der Waals surface area contributed by atoms with E-state index in [1.165, 1.54) is 16.8 Å². The molecule has 0 aliphatic carbocycles. The molecule has 2 unspecified atom stereocenters. The van der Waals surface area contributed by atoms with Gasteiger partial charge in [0.05, 0.1) is 5.92 Å². The molecule has 156 valence electrons. The highest BCUT2D eigenvalue weighted by molar-refractivity contribution is 6.37. The highest BCUT2D eigenvalue weighted by atomic mass is 16.2. The summed E-state index contributed by atoms with van der Waals surface area (Å²) < 4.78 is 0. The lowest BCUT2D eigenvalue weighted by Crippen LogP contribution is -2.52. The molecular weight excluding hydrogens is 374 g/mol. The van der Waals surface area contributed by atoms with E-state index in [0.717, 1.165) is 24.4 Å². The number of ketones is 1. The van der Waals surface area contributed by atoms with E-state index < -0.39 is 5.92 Å². The number of benzene rings is 2. The fourth-order valence-electron chi connectivity index (χ4n) is 4.41. The zero-order chi connectivity index (χ0) is 21.3. The van der Waals surface area contributed by atoms with E-state index in [0.29, 0.717) is 13.1 Å². The quantitative estimate of drug-likeness (QED) is 0.797. The van der Waals surface area contributed by atoms with Crippen molar-refractivity contribution >= 4 is 23.1 Å². The molecule has 0 saturated carbocycles. The molecule has 5 heteroatoms. The molecule has 2 atom stereocenters. The second-order valence-corrected chi connectivity index (χ2v) is 8.39. The van der Waals surface area contributed by atoms with Crippen LogP contribution in [0.15, 0.2) is 54.6 Å². The third-order valence-electron chi connectivity index (χ3n) is 6.00. The van der Waals surface area contributed by atoms with Crippen LogP contribution in [-0.4, -0.2) is 48.8 Å². The van der Waals surface area contributed by atoms with Crippen molar-refractivity contribution in [1.29, 1.82) is 0 Å². The van der Waals surface area contributed by atoms with Crippen molar-refractivity contribution in [3.8, 4) is 0 Å². The van der Waals surface area contributed by atoms with E-state index in [4.69, 9.17) is 0 Å². The molecule has 0 bridgehead atoms. The zero-order valence-electron chi connectivity index (χ0n) is 17.9. The van der Waals surface area contributed by atoms with Gasteiger partial charge in [-0.15, -0.1) is 0 Å². The van der Waals surface area contributed by atoms with Gasteiger partial charge >= 0.3 is 0 Å². The number of anilines is 1. The Hall–Kier alpha value is -3.08. The molecule has 2 aromatic carbocycles. The van der Waals surface area contributed by atoms with Gasteiger partial charge in [-0.25, -0.2) is 0 Å². The average Bonchev–Trinajstić information content (AvgIpc) is 3.14. The van der Waals surface area contributed by atoms with Crippen LogP contribution in [0.1, 0.15) is 23.6 Å². The van der Waals surface area contributed by atoms with Crippen LogP contribution < -0.4 is 10.2 Å². The van der Waals surface area contributed by atoms with Crippen LogP contribution in [0.3, 0.4) is 0 Å². The predicted octanol–water partition coefficient (Wildman–Crippen LogP) is 3.17. The highest BCUT2D eigenvalue weighted by Crippen LogP contribution is 2.26. The molecule has 0 aromatic heterocycles. The first-order valence-corrected chi connectivity index (χ1v) is 10.6. The van der Waals surface area contributed by atoms with Gasteiger partial charge in [-0.2, -0.15) is 0 Å². The molecule has 1 N–H and O–H groups in total. The van der Waals surface area contributed by atoms with E-state index in [2.05, 4.69) is 42.3 Å². The minimum absolute atomic E-state index is 0.0896. The summed E-state index contributed by atoms with van der Waals surface area (Å²) in [5, 5.41) is 3.36. The number of piperazine rings is 1. The first kappa shape index (κ1) is 20.2. The van der Waals surface area contributed by atoms with Crippen LogP contribution in [0.4, 0.5) is 5.69 Å². The van der Waals surface area contributed by atoms with Crippen LogP contribution >= 0.6 is 0 Å². The number of amides is 1. The third kappa shape index (κ3) is 4.11. The van der Waals surface area contributed by atoms with E-state index in [-0.39, 0.29) is 17.7 Å². The molecule has 0 radical (unpaired) electrons. The SMILES string of the molecule is Cc1cc(C)cc(N2CCN(C(=O)C(=O)C3C=C(c4ccccc4)NC3C)CC2)c1. The molecule has 30 heavy (non-hydrogen) atoms. The molecule has 2 aliphatic heterocycles. The Bertz CT molecular complexity index is 955. The monoisotopic (exact) mass is 403 g/mol. The van der Waals surface area contributed by atoms with Crippen molar-refractivity contribution < 1.29 is 9.59 Å². The molecule has 4 rings (SSSR count). The number of hydrogen-bond acceptors (Lipinski definition) is 4. The first-order valence-electron chi connectivity index (χ1n) is 10.6. The molecule has 1 fully saturated rings. The molecule has 2 aliphatic rings. The Balaban J connectivity index is 1.40. The topological polar surface area (TPSA) is 52.7 Å². The van der Waals surface area contributed by atoms with Gasteiger partial charge in [0.1, 0.15) is 0 Å². The van der Waals surface area contributed by atoms with Crippen LogP contribution in [0, 0.1) is 19.8 Å². The number of aryl methyl sites for hydroxylation is 2. The largest absolute Gasteiger partial charge is 0.381 e. The Morgan fingerprint density at radius 1 is 0.933 bits per heavy atom. The maximum atomic E-state index is 13.0. The minimum atomic E-state index is -0.426. The van der Waals surface area contributed by atoms with Crippen molar-refractivity contribution in [2.45, 2.75) is 26.8 Å². The number of nitrogens with zero attached hydrogens (tertiary/aromatic N) is 2. The Kier molecular flexibility index (Phi) is 5.62. The predicted molar refractivity (Wildman–Crippen MR) is 120 cm³/mol. The molecule has 5 nitrogen and oxygen atoms in total. The third-order valence-corrected chi connectivity index (χ3v) is 6.00. The standard InChI is InChI=1S/C25H29N3O2/c1-17-13-18(2)15-21(14-17)27-9-11-28(12-10-27)25(30)24(29)22-16-23(26-19(22)3)20-7-5-4-6-8-20/h4-8,13-16,19,22,26H,9-12H2,1-3H3. The molecule has 1 saturated heterocycles. The van der Waals surface area contributed by atoms with E-state index in [9.17, 15) is 9.59 Å². The van der Waals surface area contributed by atoms with E-state index in [1.54, 1.807) is 4.90 Å². The lowest BCUT2D eigenvalue weighted by Gasteiger charge is -2.36. The van der Waals surface area contributed by atoms with Gasteiger partial charge in [0.2, 0.25) is 5.78 Å². The van der Waals surface area contributed by atoms with Crippen LogP contribution in [0.2, 0.25) is 0 Å². The Labute approximate surface area is 178 Å². The smallest absolute Gasteiger partial charge is 0.290 e. The van der Waals surface area contributed by atoms with Gasteiger partial charge in [-0.1, -0.05) is 36.4 Å². The summed E-state index contributed by atoms with van der Waals surface area (Å²) in [5.74, 6) is -1.11. The highest BCUT2D eigenvalue weighted by Gasteiger charge is 2.36. The minimum Gasteiger partial charge on any atom is -0.381 e. The summed E-state index contributed by atoms with van der Waals surface area (Å²) in [6.07, 6.45) is 1.91. The number of carbonyl (C=O) groups is 2. The molecule has 2 aromatic rings. The number of rotatable bonds is 4. The second kappa shape index (κ2) is 8.34. The van der Waals surface area contributed by atoms with Crippen LogP contribution in [0.25, 0.3) is 5.70 Å². The molecule has 1 amide bonds. The second-order valence-electron chi connectivity index (χ2n) is 8.39. The van der Waals surface area contributed by atoms with E-state index in [1.807, 2.05) is 43.3 Å². The molecule has 2 heterocycles. The molecular formula is C25H29N3O2. The number of nitrogens with one attached hydrogen (secondary N) is 1. The zero-order valence-corrected chi connectivity index (χ0v) is 17.9. The number of Topliss-reactive ketones (excluding diaryl/α,β-unsaturated/α-hetero) is 1. The normalized spacial score (nSPS) is 21.2. The summed E-state index contributed by atoms with van der Waals surface area (Å²) in [4.78, 5) is 29.9. The maximum Gasteiger partial charge on any atom is 0.290 e. The van der Waals surface area contributed by atoms with Crippen molar-refractivity contribution in [3.63, 3.8) is 0 Å². The summed E-state index contributed by atoms with van der Waals surface area (Å²) in [5.41, 5.74) is 5.63. The maximum absolute atomic E-state index is 13.0. The van der Waals surface area contributed by atoms with Crippen LogP contribution in [0.5, 0.6) is 0 Å². The fraction of sp³-hybridized carbons (Fsp3) is 0.360. The van der Waals surface area contributed by atoms with Crippen molar-refractivity contribution in [3.05, 3.63) is 71.3 Å². The van der Waals surface area contributed by atoms with Gasteiger partial charge in [-0.05, 0) is 55.7 Å². The van der Waals surface area contributed by atoms with Crippen molar-refractivity contribution in [2.75, 3.05) is 31.1 Å². The van der Waals surface area contributed by atoms with Crippen LogP contribution in [-0.2, 0) is 9.59 Å². The van der Waals surface area contributed by atoms with Gasteiger partial charge in [0, 0.05) is 43.6 Å². The molecule has 0 spiro atoms. The first-order chi connectivity index (χ1) is 14.4. The van der Waals surface area contributed by atoms with Gasteiger partial charge < -0.3 is 15.1 Å². The summed E-state index contributed by atoms with van der Waals surface area (Å²) in [7, 11) is 0. The van der Waals surface area contributed by atoms with Gasteiger partial charge in [-0.3, -0.25) is 9.59 Å². The average molecular weight is 404 g/mol. The Morgan fingerprint density at radius 3 is 2.20 bits per heavy atom. The number of carbonyl (C=O) groups excluding carboxylic acids is 2. The lowest BCUT2D eigenvalue weighted by atomic mass is 9.97.